The molecule has 0 atom stereocenters. The lowest BCUT2D eigenvalue weighted by Crippen LogP contribution is -1.98. The lowest BCUT2D eigenvalue weighted by molar-refractivity contribution is 0.391. The molecular weight excluding hydrogens is 178 g/mol. The molecule has 1 aromatic heterocycles. The normalized spacial score (nSPS) is 10.1. The third-order valence-corrected chi connectivity index (χ3v) is 1.92. The van der Waals surface area contributed by atoms with E-state index in [1.807, 2.05) is 37.3 Å². The van der Waals surface area contributed by atoms with Gasteiger partial charge in [-0.3, -0.25) is 0 Å². The van der Waals surface area contributed by atoms with E-state index < -0.39 is 0 Å². The van der Waals surface area contributed by atoms with E-state index in [0.29, 0.717) is 5.88 Å². The Balaban J connectivity index is 2.43. The summed E-state index contributed by atoms with van der Waals surface area (Å²) in [5.74, 6) is 0.564. The highest BCUT2D eigenvalue weighted by Gasteiger charge is 2.06. The summed E-state index contributed by atoms with van der Waals surface area (Å²) in [5.41, 5.74) is 1.72. The maximum atomic E-state index is 5.05. The van der Waals surface area contributed by atoms with Crippen LogP contribution in [0.4, 0.5) is 0 Å². The number of hydrogen-bond acceptors (Lipinski definition) is 3. The second-order valence-electron chi connectivity index (χ2n) is 2.92. The van der Waals surface area contributed by atoms with Gasteiger partial charge in [0.25, 0.3) is 5.88 Å². The van der Waals surface area contributed by atoms with Crippen molar-refractivity contribution in [2.24, 2.45) is 0 Å². The second kappa shape index (κ2) is 3.49. The van der Waals surface area contributed by atoms with Gasteiger partial charge < -0.3 is 4.74 Å². The molecule has 4 heteroatoms. The Morgan fingerprint density at radius 3 is 2.43 bits per heavy atom. The van der Waals surface area contributed by atoms with Gasteiger partial charge >= 0.3 is 0 Å². The molecule has 0 N–H and O–H groups in total. The minimum atomic E-state index is 0.564. The Labute approximate surface area is 82.1 Å². The zero-order chi connectivity index (χ0) is 9.97. The predicted molar refractivity (Wildman–Crippen MR) is 52.6 cm³/mol. The molecule has 1 aromatic carbocycles. The first-order valence-corrected chi connectivity index (χ1v) is 4.34. The Morgan fingerprint density at radius 2 is 1.86 bits per heavy atom. The summed E-state index contributed by atoms with van der Waals surface area (Å²) in [6.45, 7) is 1.87. The molecule has 0 radical (unpaired) electrons. The predicted octanol–water partition coefficient (Wildman–Crippen LogP) is 1.58. The van der Waals surface area contributed by atoms with Gasteiger partial charge in [-0.05, 0) is 19.1 Å². The van der Waals surface area contributed by atoms with E-state index in [1.165, 1.54) is 0 Å². The molecule has 0 bridgehead atoms. The van der Waals surface area contributed by atoms with Crippen LogP contribution in [0.25, 0.3) is 5.69 Å². The smallest absolute Gasteiger partial charge is 0.256 e. The minimum absolute atomic E-state index is 0.564. The van der Waals surface area contributed by atoms with Gasteiger partial charge in [-0.25, -0.2) is 0 Å². The number of aryl methyl sites for hydroxylation is 1. The first-order valence-electron chi connectivity index (χ1n) is 4.34. The summed E-state index contributed by atoms with van der Waals surface area (Å²) in [7, 11) is 1.59. The van der Waals surface area contributed by atoms with Crippen molar-refractivity contribution in [1.82, 2.24) is 15.0 Å². The van der Waals surface area contributed by atoms with Crippen molar-refractivity contribution in [1.29, 1.82) is 0 Å². The number of para-hydroxylation sites is 1. The Morgan fingerprint density at radius 1 is 1.14 bits per heavy atom. The highest BCUT2D eigenvalue weighted by Crippen LogP contribution is 2.13. The number of nitrogens with zero attached hydrogens (tertiary/aromatic N) is 3. The highest BCUT2D eigenvalue weighted by atomic mass is 16.5. The summed E-state index contributed by atoms with van der Waals surface area (Å²) in [4.78, 5) is 1.56. The average molecular weight is 189 g/mol. The van der Waals surface area contributed by atoms with E-state index in [9.17, 15) is 0 Å². The van der Waals surface area contributed by atoms with Gasteiger partial charge in [-0.15, -0.1) is 15.0 Å². The lowest BCUT2D eigenvalue weighted by atomic mass is 10.3. The third kappa shape index (κ3) is 1.46. The van der Waals surface area contributed by atoms with Crippen molar-refractivity contribution in [2.45, 2.75) is 6.92 Å². The van der Waals surface area contributed by atoms with E-state index in [-0.39, 0.29) is 0 Å². The molecule has 0 amide bonds. The first kappa shape index (κ1) is 8.74. The molecule has 0 saturated heterocycles. The van der Waals surface area contributed by atoms with Crippen molar-refractivity contribution in [3.63, 3.8) is 0 Å². The van der Waals surface area contributed by atoms with E-state index in [2.05, 4.69) is 10.2 Å². The Kier molecular flexibility index (Phi) is 2.18. The van der Waals surface area contributed by atoms with Gasteiger partial charge in [0.05, 0.1) is 12.8 Å². The fourth-order valence-corrected chi connectivity index (χ4v) is 1.23. The van der Waals surface area contributed by atoms with Crippen LogP contribution in [0.15, 0.2) is 30.3 Å². The molecule has 0 spiro atoms. The van der Waals surface area contributed by atoms with Crippen LogP contribution in [0.3, 0.4) is 0 Å². The van der Waals surface area contributed by atoms with Crippen molar-refractivity contribution < 1.29 is 4.74 Å². The number of hydrogen-bond donors (Lipinski definition) is 0. The topological polar surface area (TPSA) is 39.9 Å². The van der Waals surface area contributed by atoms with Crippen LogP contribution in [-0.4, -0.2) is 22.1 Å². The molecule has 2 rings (SSSR count). The summed E-state index contributed by atoms with van der Waals surface area (Å²) < 4.78 is 5.05. The van der Waals surface area contributed by atoms with E-state index in [1.54, 1.807) is 11.9 Å². The molecule has 4 nitrogen and oxygen atoms in total. The van der Waals surface area contributed by atoms with Crippen molar-refractivity contribution in [3.8, 4) is 11.6 Å². The van der Waals surface area contributed by atoms with Crippen LogP contribution in [0.1, 0.15) is 5.69 Å². The average Bonchev–Trinajstić information content (AvgIpc) is 2.61. The minimum Gasteiger partial charge on any atom is -0.479 e. The van der Waals surface area contributed by atoms with Gasteiger partial charge in [0.1, 0.15) is 5.69 Å². The molecule has 0 saturated carbocycles. The number of benzene rings is 1. The van der Waals surface area contributed by atoms with Gasteiger partial charge in [0.15, 0.2) is 0 Å². The zero-order valence-electron chi connectivity index (χ0n) is 8.14. The monoisotopic (exact) mass is 189 g/mol. The fourth-order valence-electron chi connectivity index (χ4n) is 1.23. The van der Waals surface area contributed by atoms with Gasteiger partial charge in [0.2, 0.25) is 0 Å². The third-order valence-electron chi connectivity index (χ3n) is 1.92. The molecule has 1 heterocycles. The lowest BCUT2D eigenvalue weighted by Gasteiger charge is -1.96. The largest absolute Gasteiger partial charge is 0.479 e. The highest BCUT2D eigenvalue weighted by molar-refractivity contribution is 5.30. The summed E-state index contributed by atoms with van der Waals surface area (Å²) >= 11 is 0. The number of rotatable bonds is 2. The molecule has 0 aliphatic rings. The van der Waals surface area contributed by atoms with Gasteiger partial charge in [-0.2, -0.15) is 0 Å². The molecule has 0 fully saturated rings. The molecule has 2 aromatic rings. The number of ether oxygens (including phenoxy) is 1. The standard InChI is InChI=1S/C10H11N3O/c1-8-10(14-2)12-13(11-8)9-6-4-3-5-7-9/h3-7H,1-2H3. The summed E-state index contributed by atoms with van der Waals surface area (Å²) in [6, 6.07) is 9.73. The van der Waals surface area contributed by atoms with E-state index in [4.69, 9.17) is 4.74 Å². The van der Waals surface area contributed by atoms with Crippen molar-refractivity contribution >= 4 is 0 Å². The SMILES string of the molecule is COc1nn(-c2ccccc2)nc1C. The van der Waals surface area contributed by atoms with Crippen LogP contribution in [0, 0.1) is 6.92 Å². The Bertz CT molecular complexity index is 422. The second-order valence-corrected chi connectivity index (χ2v) is 2.92. The maximum absolute atomic E-state index is 5.05. The van der Waals surface area contributed by atoms with Crippen molar-refractivity contribution in [2.75, 3.05) is 7.11 Å². The van der Waals surface area contributed by atoms with Crippen LogP contribution in [-0.2, 0) is 0 Å². The quantitative estimate of drug-likeness (QED) is 0.720. The van der Waals surface area contributed by atoms with E-state index in [0.717, 1.165) is 11.4 Å². The zero-order valence-corrected chi connectivity index (χ0v) is 8.14. The van der Waals surface area contributed by atoms with E-state index >= 15 is 0 Å². The molecule has 72 valence electrons. The molecule has 0 aliphatic carbocycles. The van der Waals surface area contributed by atoms with Crippen LogP contribution >= 0.6 is 0 Å². The van der Waals surface area contributed by atoms with Gasteiger partial charge in [-0.1, -0.05) is 18.2 Å². The fraction of sp³-hybridized carbons (Fsp3) is 0.200. The van der Waals surface area contributed by atoms with Gasteiger partial charge in [0, 0.05) is 0 Å². The van der Waals surface area contributed by atoms with Crippen LogP contribution < -0.4 is 4.74 Å². The summed E-state index contributed by atoms with van der Waals surface area (Å²) in [5, 5.41) is 8.41. The molecule has 0 unspecified atom stereocenters. The van der Waals surface area contributed by atoms with Crippen LogP contribution in [0.2, 0.25) is 0 Å². The maximum Gasteiger partial charge on any atom is 0.256 e. The summed E-state index contributed by atoms with van der Waals surface area (Å²) in [6.07, 6.45) is 0. The molecular formula is C10H11N3O. The molecule has 0 aliphatic heterocycles. The number of methoxy groups -OCH3 is 1. The first-order chi connectivity index (χ1) is 6.81. The Hall–Kier alpha value is -1.84. The number of aromatic nitrogens is 3. The molecule has 14 heavy (non-hydrogen) atoms. The van der Waals surface area contributed by atoms with Crippen LogP contribution in [0.5, 0.6) is 5.88 Å². The van der Waals surface area contributed by atoms with Crippen molar-refractivity contribution in [3.05, 3.63) is 36.0 Å².